The fourth-order valence-corrected chi connectivity index (χ4v) is 4.62. The van der Waals surface area contributed by atoms with Crippen molar-refractivity contribution in [3.8, 4) is 34.3 Å². The minimum atomic E-state index is -0.451. The molecule has 0 bridgehead atoms. The van der Waals surface area contributed by atoms with Crippen LogP contribution in [0.15, 0.2) is 56.4 Å². The molecule has 1 aliphatic heterocycles. The summed E-state index contributed by atoms with van der Waals surface area (Å²) in [5.74, 6) is -0.601. The Kier molecular flexibility index (Phi) is 4.44. The molecule has 2 aromatic carbocycles. The van der Waals surface area contributed by atoms with E-state index < -0.39 is 11.4 Å². The molecule has 2 aromatic heterocycles. The molecule has 3 heterocycles. The molecule has 0 saturated heterocycles. The summed E-state index contributed by atoms with van der Waals surface area (Å²) >= 11 is 1.49. The number of ether oxygens (including phenoxy) is 2. The molecule has 1 aliphatic rings. The van der Waals surface area contributed by atoms with Gasteiger partial charge in [-0.15, -0.1) is 0 Å². The maximum Gasteiger partial charge on any atom is 0.312 e. The number of carbonyl (C=O) groups is 1. The number of esters is 1. The standard InChI is InChI=1S/C23H16O7S/c1-28-17-3-2-11(6-14(17)24)18-8-15(25)22-16(26)9-19-21(23(22)30-18)13(7-20(27)29-19)12-4-5-31-10-12/h2-6,8-10,13,24,26H,7H2,1H3. The van der Waals surface area contributed by atoms with E-state index in [-0.39, 0.29) is 52.1 Å². The molecule has 0 saturated carbocycles. The number of methoxy groups -OCH3 is 1. The molecule has 1 unspecified atom stereocenters. The van der Waals surface area contributed by atoms with Gasteiger partial charge in [0.2, 0.25) is 0 Å². The van der Waals surface area contributed by atoms with Crippen molar-refractivity contribution in [2.45, 2.75) is 12.3 Å². The van der Waals surface area contributed by atoms with Gasteiger partial charge in [0.05, 0.1) is 13.5 Å². The summed E-state index contributed by atoms with van der Waals surface area (Å²) < 4.78 is 16.5. The average Bonchev–Trinajstić information content (AvgIpc) is 3.27. The molecular formula is C23H16O7S. The van der Waals surface area contributed by atoms with Gasteiger partial charge in [-0.1, -0.05) is 0 Å². The quantitative estimate of drug-likeness (QED) is 0.363. The highest BCUT2D eigenvalue weighted by atomic mass is 32.1. The van der Waals surface area contributed by atoms with E-state index in [1.807, 2.05) is 16.8 Å². The van der Waals surface area contributed by atoms with Crippen LogP contribution >= 0.6 is 11.3 Å². The van der Waals surface area contributed by atoms with Gasteiger partial charge >= 0.3 is 5.97 Å². The van der Waals surface area contributed by atoms with E-state index in [1.54, 1.807) is 12.1 Å². The minimum Gasteiger partial charge on any atom is -0.507 e. The molecule has 0 radical (unpaired) electrons. The predicted octanol–water partition coefficient (Wildman–Crippen LogP) is 4.38. The molecule has 2 N–H and O–H groups in total. The van der Waals surface area contributed by atoms with E-state index in [9.17, 15) is 19.8 Å². The SMILES string of the molecule is COc1ccc(-c2cc(=O)c3c(O)cc4c(c3o2)C(c2ccsc2)CC(=O)O4)cc1O. The first-order chi connectivity index (χ1) is 15.0. The van der Waals surface area contributed by atoms with Crippen molar-refractivity contribution in [2.24, 2.45) is 0 Å². The van der Waals surface area contributed by atoms with Crippen molar-refractivity contribution in [1.29, 1.82) is 0 Å². The third-order valence-corrected chi connectivity index (χ3v) is 6.04. The van der Waals surface area contributed by atoms with Crippen LogP contribution in [-0.2, 0) is 4.79 Å². The first kappa shape index (κ1) is 19.2. The van der Waals surface area contributed by atoms with Gasteiger partial charge in [0.1, 0.15) is 28.2 Å². The van der Waals surface area contributed by atoms with Crippen molar-refractivity contribution < 1.29 is 28.9 Å². The molecule has 0 fully saturated rings. The summed E-state index contributed by atoms with van der Waals surface area (Å²) in [5.41, 5.74) is 1.58. The van der Waals surface area contributed by atoms with Crippen molar-refractivity contribution in [1.82, 2.24) is 0 Å². The Morgan fingerprint density at radius 1 is 1.10 bits per heavy atom. The van der Waals surface area contributed by atoms with Crippen LogP contribution in [0.25, 0.3) is 22.3 Å². The van der Waals surface area contributed by atoms with Gasteiger partial charge < -0.3 is 24.1 Å². The van der Waals surface area contributed by atoms with Gasteiger partial charge in [-0.3, -0.25) is 9.59 Å². The fraction of sp³-hybridized carbons (Fsp3) is 0.130. The molecule has 0 spiro atoms. The van der Waals surface area contributed by atoms with Crippen LogP contribution in [0.1, 0.15) is 23.5 Å². The molecule has 0 amide bonds. The van der Waals surface area contributed by atoms with Crippen LogP contribution in [-0.4, -0.2) is 23.3 Å². The average molecular weight is 436 g/mol. The Bertz CT molecular complexity index is 1390. The highest BCUT2D eigenvalue weighted by molar-refractivity contribution is 7.08. The maximum atomic E-state index is 12.9. The van der Waals surface area contributed by atoms with Crippen LogP contribution in [0.4, 0.5) is 0 Å². The van der Waals surface area contributed by atoms with E-state index >= 15 is 0 Å². The first-order valence-electron chi connectivity index (χ1n) is 9.40. The number of fused-ring (bicyclic) bond motifs is 3. The van der Waals surface area contributed by atoms with E-state index in [1.165, 1.54) is 36.6 Å². The second kappa shape index (κ2) is 7.17. The highest BCUT2D eigenvalue weighted by Crippen LogP contribution is 2.46. The van der Waals surface area contributed by atoms with Crippen LogP contribution in [0.3, 0.4) is 0 Å². The van der Waals surface area contributed by atoms with Crippen molar-refractivity contribution >= 4 is 28.3 Å². The zero-order chi connectivity index (χ0) is 21.7. The van der Waals surface area contributed by atoms with Crippen LogP contribution in [0, 0.1) is 0 Å². The smallest absolute Gasteiger partial charge is 0.312 e. The zero-order valence-electron chi connectivity index (χ0n) is 16.2. The number of rotatable bonds is 3. The van der Waals surface area contributed by atoms with Crippen LogP contribution in [0.2, 0.25) is 0 Å². The van der Waals surface area contributed by atoms with Gasteiger partial charge in [0, 0.05) is 29.2 Å². The number of phenolic OH excluding ortho intramolecular Hbond substituents is 2. The normalized spacial score (nSPS) is 15.5. The number of carbonyl (C=O) groups excluding carboxylic acids is 1. The molecule has 156 valence electrons. The summed E-state index contributed by atoms with van der Waals surface area (Å²) in [6.07, 6.45) is 0.0842. The predicted molar refractivity (Wildman–Crippen MR) is 114 cm³/mol. The maximum absolute atomic E-state index is 12.9. The zero-order valence-corrected chi connectivity index (χ0v) is 17.1. The van der Waals surface area contributed by atoms with E-state index in [4.69, 9.17) is 13.9 Å². The lowest BCUT2D eigenvalue weighted by Gasteiger charge is -2.25. The van der Waals surface area contributed by atoms with Crippen LogP contribution < -0.4 is 14.9 Å². The van der Waals surface area contributed by atoms with E-state index in [0.29, 0.717) is 11.1 Å². The third kappa shape index (κ3) is 3.12. The minimum absolute atomic E-state index is 0.0124. The molecule has 7 nitrogen and oxygen atoms in total. The monoisotopic (exact) mass is 436 g/mol. The van der Waals surface area contributed by atoms with Gasteiger partial charge in [-0.2, -0.15) is 11.3 Å². The molecule has 5 rings (SSSR count). The number of phenols is 2. The summed E-state index contributed by atoms with van der Waals surface area (Å²) in [7, 11) is 1.44. The largest absolute Gasteiger partial charge is 0.507 e. The number of benzene rings is 2. The molecule has 4 aromatic rings. The fourth-order valence-electron chi connectivity index (χ4n) is 3.90. The molecule has 8 heteroatoms. The second-order valence-corrected chi connectivity index (χ2v) is 7.94. The Balaban J connectivity index is 1.80. The summed E-state index contributed by atoms with van der Waals surface area (Å²) in [6, 6.07) is 9.07. The highest BCUT2D eigenvalue weighted by Gasteiger charge is 2.33. The van der Waals surface area contributed by atoms with Gasteiger partial charge in [-0.05, 0) is 40.6 Å². The summed E-state index contributed by atoms with van der Waals surface area (Å²) in [6.45, 7) is 0. The Morgan fingerprint density at radius 2 is 1.94 bits per heavy atom. The summed E-state index contributed by atoms with van der Waals surface area (Å²) in [4.78, 5) is 25.1. The number of hydrogen-bond acceptors (Lipinski definition) is 8. The van der Waals surface area contributed by atoms with Gasteiger partial charge in [0.25, 0.3) is 0 Å². The van der Waals surface area contributed by atoms with Crippen molar-refractivity contribution in [3.05, 3.63) is 68.5 Å². The topological polar surface area (TPSA) is 106 Å². The molecule has 0 aliphatic carbocycles. The lowest BCUT2D eigenvalue weighted by atomic mass is 9.86. The first-order valence-corrected chi connectivity index (χ1v) is 10.3. The lowest BCUT2D eigenvalue weighted by Crippen LogP contribution is -2.21. The van der Waals surface area contributed by atoms with E-state index in [0.717, 1.165) is 5.56 Å². The molecule has 1 atom stereocenters. The number of thiophene rings is 1. The van der Waals surface area contributed by atoms with Crippen molar-refractivity contribution in [2.75, 3.05) is 7.11 Å². The van der Waals surface area contributed by atoms with Crippen LogP contribution in [0.5, 0.6) is 23.0 Å². The number of hydrogen-bond donors (Lipinski definition) is 2. The molecule has 31 heavy (non-hydrogen) atoms. The third-order valence-electron chi connectivity index (χ3n) is 5.33. The summed E-state index contributed by atoms with van der Waals surface area (Å²) in [5, 5.41) is 24.4. The lowest BCUT2D eigenvalue weighted by molar-refractivity contribution is -0.135. The Hall–Kier alpha value is -3.78. The Labute approximate surface area is 179 Å². The van der Waals surface area contributed by atoms with Crippen molar-refractivity contribution in [3.63, 3.8) is 0 Å². The number of aromatic hydroxyl groups is 2. The van der Waals surface area contributed by atoms with E-state index in [2.05, 4.69) is 0 Å². The molecular weight excluding hydrogens is 420 g/mol. The van der Waals surface area contributed by atoms with Gasteiger partial charge in [-0.25, -0.2) is 0 Å². The second-order valence-electron chi connectivity index (χ2n) is 7.16. The Morgan fingerprint density at radius 3 is 2.65 bits per heavy atom. The van der Waals surface area contributed by atoms with Gasteiger partial charge in [0.15, 0.2) is 16.9 Å².